The smallest absolute Gasteiger partial charge is 0.306 e. The molecule has 1 aliphatic heterocycles. The van der Waals surface area contributed by atoms with Crippen molar-refractivity contribution in [1.29, 1.82) is 0 Å². The van der Waals surface area contributed by atoms with E-state index >= 15 is 0 Å². The molecule has 0 atom stereocenters. The lowest BCUT2D eigenvalue weighted by molar-refractivity contribution is -0.143. The van der Waals surface area contributed by atoms with Crippen molar-refractivity contribution in [3.05, 3.63) is 11.9 Å². The number of likely N-dealkylation sites (tertiary alicyclic amines) is 1. The second-order valence-electron chi connectivity index (χ2n) is 4.18. The fraction of sp³-hybridized carbons (Fsp3) is 0.600. The highest BCUT2D eigenvalue weighted by atomic mass is 16.4. The molecule has 92 valence electrons. The van der Waals surface area contributed by atoms with Crippen LogP contribution in [0.4, 0.5) is 0 Å². The van der Waals surface area contributed by atoms with Crippen LogP contribution in [0.2, 0.25) is 0 Å². The number of hydrogen-bond acceptors (Lipinski definition) is 4. The standard InChI is InChI=1S/C10H14N4O3/c1-13-6-8(11-12-13)9(15)14-4-2-7(3-5-14)10(16)17/h6-7H,2-5H2,1H3,(H,16,17). The Morgan fingerprint density at radius 2 is 2.06 bits per heavy atom. The van der Waals surface area contributed by atoms with Crippen molar-refractivity contribution in [2.24, 2.45) is 13.0 Å². The second kappa shape index (κ2) is 4.52. The van der Waals surface area contributed by atoms with E-state index in [1.54, 1.807) is 18.1 Å². The summed E-state index contributed by atoms with van der Waals surface area (Å²) >= 11 is 0. The molecule has 0 aliphatic carbocycles. The molecular formula is C10H14N4O3. The normalized spacial score (nSPS) is 17.1. The van der Waals surface area contributed by atoms with E-state index in [9.17, 15) is 9.59 Å². The molecule has 1 fully saturated rings. The number of piperidine rings is 1. The van der Waals surface area contributed by atoms with Gasteiger partial charge in [-0.25, -0.2) is 0 Å². The van der Waals surface area contributed by atoms with Crippen molar-refractivity contribution in [3.63, 3.8) is 0 Å². The maximum absolute atomic E-state index is 12.0. The number of rotatable bonds is 2. The van der Waals surface area contributed by atoms with E-state index in [1.807, 2.05) is 0 Å². The van der Waals surface area contributed by atoms with Crippen molar-refractivity contribution < 1.29 is 14.7 Å². The third kappa shape index (κ3) is 2.43. The molecule has 0 bridgehead atoms. The van der Waals surface area contributed by atoms with Gasteiger partial charge < -0.3 is 10.0 Å². The maximum Gasteiger partial charge on any atom is 0.306 e. The first-order chi connectivity index (χ1) is 8.08. The molecule has 1 aromatic heterocycles. The van der Waals surface area contributed by atoms with Crippen LogP contribution in [0.5, 0.6) is 0 Å². The highest BCUT2D eigenvalue weighted by molar-refractivity contribution is 5.92. The van der Waals surface area contributed by atoms with Crippen LogP contribution in [0.1, 0.15) is 23.3 Å². The van der Waals surface area contributed by atoms with Gasteiger partial charge in [-0.3, -0.25) is 14.3 Å². The van der Waals surface area contributed by atoms with Crippen LogP contribution in [-0.4, -0.2) is 50.0 Å². The molecule has 0 saturated carbocycles. The summed E-state index contributed by atoms with van der Waals surface area (Å²) in [7, 11) is 1.69. The van der Waals surface area contributed by atoms with Crippen LogP contribution in [0.3, 0.4) is 0 Å². The van der Waals surface area contributed by atoms with Gasteiger partial charge in [-0.15, -0.1) is 5.10 Å². The Morgan fingerprint density at radius 1 is 1.41 bits per heavy atom. The zero-order chi connectivity index (χ0) is 12.4. The molecule has 1 N–H and O–H groups in total. The molecule has 1 aliphatic rings. The Labute approximate surface area is 98.0 Å². The summed E-state index contributed by atoms with van der Waals surface area (Å²) in [6.07, 6.45) is 2.56. The van der Waals surface area contributed by atoms with E-state index in [2.05, 4.69) is 10.3 Å². The molecule has 17 heavy (non-hydrogen) atoms. The first kappa shape index (κ1) is 11.6. The van der Waals surface area contributed by atoms with E-state index in [-0.39, 0.29) is 11.8 Å². The number of aryl methyl sites for hydroxylation is 1. The van der Waals surface area contributed by atoms with Gasteiger partial charge in [0, 0.05) is 20.1 Å². The summed E-state index contributed by atoms with van der Waals surface area (Å²) in [6.45, 7) is 0.929. The number of nitrogens with zero attached hydrogens (tertiary/aromatic N) is 4. The molecule has 0 unspecified atom stereocenters. The summed E-state index contributed by atoms with van der Waals surface area (Å²) in [5.41, 5.74) is 0.307. The lowest BCUT2D eigenvalue weighted by Crippen LogP contribution is -2.40. The average Bonchev–Trinajstić information content (AvgIpc) is 2.75. The van der Waals surface area contributed by atoms with E-state index in [0.717, 1.165) is 0 Å². The zero-order valence-electron chi connectivity index (χ0n) is 9.54. The molecule has 1 aromatic rings. The summed E-state index contributed by atoms with van der Waals surface area (Å²) in [5.74, 6) is -1.29. The van der Waals surface area contributed by atoms with Crippen molar-refractivity contribution in [2.75, 3.05) is 13.1 Å². The topological polar surface area (TPSA) is 88.3 Å². The van der Waals surface area contributed by atoms with Gasteiger partial charge in [0.15, 0.2) is 5.69 Å². The van der Waals surface area contributed by atoms with Gasteiger partial charge in [0.25, 0.3) is 5.91 Å². The number of aromatic nitrogens is 3. The maximum atomic E-state index is 12.0. The van der Waals surface area contributed by atoms with Crippen LogP contribution < -0.4 is 0 Å². The Kier molecular flexibility index (Phi) is 3.08. The molecule has 0 spiro atoms. The van der Waals surface area contributed by atoms with Gasteiger partial charge in [0.05, 0.1) is 12.1 Å². The fourth-order valence-electron chi connectivity index (χ4n) is 1.94. The van der Waals surface area contributed by atoms with Gasteiger partial charge >= 0.3 is 5.97 Å². The molecular weight excluding hydrogens is 224 g/mol. The van der Waals surface area contributed by atoms with Crippen LogP contribution in [0, 0.1) is 5.92 Å². The first-order valence-electron chi connectivity index (χ1n) is 5.46. The highest BCUT2D eigenvalue weighted by Gasteiger charge is 2.28. The Balaban J connectivity index is 1.97. The number of hydrogen-bond donors (Lipinski definition) is 1. The minimum absolute atomic E-state index is 0.179. The summed E-state index contributed by atoms with van der Waals surface area (Å²) < 4.78 is 1.47. The molecule has 7 heteroatoms. The van der Waals surface area contributed by atoms with Gasteiger partial charge in [0.2, 0.25) is 0 Å². The van der Waals surface area contributed by atoms with Crippen LogP contribution >= 0.6 is 0 Å². The first-order valence-corrected chi connectivity index (χ1v) is 5.46. The quantitative estimate of drug-likeness (QED) is 0.767. The number of aliphatic carboxylic acids is 1. The molecule has 2 rings (SSSR count). The highest BCUT2D eigenvalue weighted by Crippen LogP contribution is 2.18. The van der Waals surface area contributed by atoms with E-state index in [4.69, 9.17) is 5.11 Å². The lowest BCUT2D eigenvalue weighted by Gasteiger charge is -2.29. The average molecular weight is 238 g/mol. The molecule has 1 saturated heterocycles. The van der Waals surface area contributed by atoms with Gasteiger partial charge in [-0.2, -0.15) is 0 Å². The van der Waals surface area contributed by atoms with E-state index in [0.29, 0.717) is 31.6 Å². The third-order valence-electron chi connectivity index (χ3n) is 2.95. The number of amides is 1. The van der Waals surface area contributed by atoms with Gasteiger partial charge in [-0.1, -0.05) is 5.21 Å². The molecule has 2 heterocycles. The van der Waals surface area contributed by atoms with Crippen molar-refractivity contribution >= 4 is 11.9 Å². The largest absolute Gasteiger partial charge is 0.481 e. The predicted molar refractivity (Wildman–Crippen MR) is 57.3 cm³/mol. The van der Waals surface area contributed by atoms with Crippen molar-refractivity contribution in [2.45, 2.75) is 12.8 Å². The van der Waals surface area contributed by atoms with E-state index in [1.165, 1.54) is 4.68 Å². The fourth-order valence-corrected chi connectivity index (χ4v) is 1.94. The van der Waals surface area contributed by atoms with E-state index < -0.39 is 5.97 Å². The Morgan fingerprint density at radius 3 is 2.53 bits per heavy atom. The molecule has 7 nitrogen and oxygen atoms in total. The van der Waals surface area contributed by atoms with Gasteiger partial charge in [0.1, 0.15) is 0 Å². The summed E-state index contributed by atoms with van der Waals surface area (Å²) in [5, 5.41) is 16.3. The van der Waals surface area contributed by atoms with Crippen LogP contribution in [-0.2, 0) is 11.8 Å². The third-order valence-corrected chi connectivity index (χ3v) is 2.95. The monoisotopic (exact) mass is 238 g/mol. The minimum atomic E-state index is -0.781. The molecule has 0 radical (unpaired) electrons. The Bertz CT molecular complexity index is 435. The zero-order valence-corrected chi connectivity index (χ0v) is 9.54. The number of carboxylic acid groups (broad SMARTS) is 1. The number of carbonyl (C=O) groups is 2. The summed E-state index contributed by atoms with van der Waals surface area (Å²) in [6, 6.07) is 0. The predicted octanol–water partition coefficient (Wildman–Crippen LogP) is -0.248. The van der Waals surface area contributed by atoms with Gasteiger partial charge in [-0.05, 0) is 12.8 Å². The second-order valence-corrected chi connectivity index (χ2v) is 4.18. The summed E-state index contributed by atoms with van der Waals surface area (Å²) in [4.78, 5) is 24.4. The van der Waals surface area contributed by atoms with Crippen LogP contribution in [0.25, 0.3) is 0 Å². The lowest BCUT2D eigenvalue weighted by atomic mass is 9.97. The molecule has 1 amide bonds. The SMILES string of the molecule is Cn1cc(C(=O)N2CCC(C(=O)O)CC2)nn1. The minimum Gasteiger partial charge on any atom is -0.481 e. The number of carbonyl (C=O) groups excluding carboxylic acids is 1. The van der Waals surface area contributed by atoms with Crippen LogP contribution in [0.15, 0.2) is 6.20 Å². The molecule has 0 aromatic carbocycles. The van der Waals surface area contributed by atoms with Crippen molar-refractivity contribution in [1.82, 2.24) is 19.9 Å². The van der Waals surface area contributed by atoms with Crippen molar-refractivity contribution in [3.8, 4) is 0 Å². The number of carboxylic acids is 1. The Hall–Kier alpha value is -1.92.